The fourth-order valence-electron chi connectivity index (χ4n) is 4.66. The fraction of sp³-hybridized carbons (Fsp3) is 0.346. The smallest absolute Gasteiger partial charge is 0.363 e. The van der Waals surface area contributed by atoms with Crippen LogP contribution in [0, 0.1) is 12.8 Å². The Labute approximate surface area is 192 Å². The van der Waals surface area contributed by atoms with Gasteiger partial charge in [-0.15, -0.1) is 0 Å². The SMILES string of the molecule is C=C(NC1=NC(c2ccccc2C(F)(F)F)NC(C2CCCCC2N)=C1)c1ccccc1C. The van der Waals surface area contributed by atoms with Crippen LogP contribution in [0.2, 0.25) is 0 Å². The van der Waals surface area contributed by atoms with Crippen molar-refractivity contribution < 1.29 is 13.2 Å². The molecule has 2 aromatic rings. The topological polar surface area (TPSA) is 62.4 Å². The first-order valence-electron chi connectivity index (χ1n) is 11.2. The zero-order valence-electron chi connectivity index (χ0n) is 18.6. The maximum Gasteiger partial charge on any atom is 0.416 e. The molecule has 1 heterocycles. The molecule has 3 atom stereocenters. The van der Waals surface area contributed by atoms with Gasteiger partial charge in [0.2, 0.25) is 0 Å². The predicted octanol–water partition coefficient (Wildman–Crippen LogP) is 5.68. The maximum absolute atomic E-state index is 13.7. The summed E-state index contributed by atoms with van der Waals surface area (Å²) in [6, 6.07) is 13.3. The average molecular weight is 455 g/mol. The van der Waals surface area contributed by atoms with E-state index in [-0.39, 0.29) is 17.5 Å². The van der Waals surface area contributed by atoms with E-state index in [1.54, 1.807) is 6.07 Å². The second-order valence-electron chi connectivity index (χ2n) is 8.72. The Balaban J connectivity index is 1.71. The Morgan fingerprint density at radius 3 is 2.52 bits per heavy atom. The lowest BCUT2D eigenvalue weighted by atomic mass is 9.82. The number of alkyl halides is 3. The van der Waals surface area contributed by atoms with Crippen LogP contribution in [0.5, 0.6) is 0 Å². The van der Waals surface area contributed by atoms with E-state index >= 15 is 0 Å². The number of amidine groups is 1. The number of halogens is 3. The van der Waals surface area contributed by atoms with Gasteiger partial charge in [-0.05, 0) is 37.5 Å². The van der Waals surface area contributed by atoms with Gasteiger partial charge in [-0.25, -0.2) is 4.99 Å². The number of benzene rings is 2. The van der Waals surface area contributed by atoms with Crippen LogP contribution in [0.4, 0.5) is 13.2 Å². The number of rotatable bonds is 4. The van der Waals surface area contributed by atoms with E-state index in [2.05, 4.69) is 22.2 Å². The normalized spacial score (nSPS) is 23.2. The van der Waals surface area contributed by atoms with Crippen LogP contribution >= 0.6 is 0 Å². The van der Waals surface area contributed by atoms with Crippen molar-refractivity contribution in [2.75, 3.05) is 0 Å². The first-order chi connectivity index (χ1) is 15.7. The summed E-state index contributed by atoms with van der Waals surface area (Å²) in [7, 11) is 0. The molecule has 0 saturated heterocycles. The van der Waals surface area contributed by atoms with Gasteiger partial charge in [0.1, 0.15) is 12.0 Å². The summed E-state index contributed by atoms with van der Waals surface area (Å²) < 4.78 is 41.2. The Bertz CT molecular complexity index is 1090. The Kier molecular flexibility index (Phi) is 6.61. The third-order valence-corrected chi connectivity index (χ3v) is 6.39. The number of nitrogens with one attached hydrogen (secondary N) is 2. The highest BCUT2D eigenvalue weighted by Gasteiger charge is 2.37. The quantitative estimate of drug-likeness (QED) is 0.557. The third kappa shape index (κ3) is 5.14. The van der Waals surface area contributed by atoms with E-state index in [1.165, 1.54) is 12.1 Å². The van der Waals surface area contributed by atoms with Gasteiger partial charge in [0.05, 0.1) is 5.56 Å². The van der Waals surface area contributed by atoms with Crippen LogP contribution < -0.4 is 16.4 Å². The van der Waals surface area contributed by atoms with E-state index < -0.39 is 17.9 Å². The van der Waals surface area contributed by atoms with Gasteiger partial charge >= 0.3 is 6.18 Å². The highest BCUT2D eigenvalue weighted by Crippen LogP contribution is 2.37. The maximum atomic E-state index is 13.7. The molecule has 33 heavy (non-hydrogen) atoms. The molecule has 4 rings (SSSR count). The monoisotopic (exact) mass is 454 g/mol. The van der Waals surface area contributed by atoms with E-state index in [0.717, 1.165) is 48.6 Å². The molecule has 1 aliphatic carbocycles. The summed E-state index contributed by atoms with van der Waals surface area (Å²) in [6.07, 6.45) is 0.388. The molecule has 0 radical (unpaired) electrons. The molecule has 1 fully saturated rings. The number of nitrogens with two attached hydrogens (primary N) is 1. The van der Waals surface area contributed by atoms with Crippen LogP contribution in [-0.2, 0) is 6.18 Å². The summed E-state index contributed by atoms with van der Waals surface area (Å²) in [5.41, 5.74) is 9.23. The van der Waals surface area contributed by atoms with E-state index in [1.807, 2.05) is 37.3 Å². The largest absolute Gasteiger partial charge is 0.416 e. The average Bonchev–Trinajstić information content (AvgIpc) is 2.79. The third-order valence-electron chi connectivity index (χ3n) is 6.39. The van der Waals surface area contributed by atoms with Gasteiger partial charge in [0.15, 0.2) is 0 Å². The molecule has 174 valence electrons. The molecular weight excluding hydrogens is 425 g/mol. The lowest BCUT2D eigenvalue weighted by Gasteiger charge is -2.35. The number of hydrogen-bond donors (Lipinski definition) is 3. The van der Waals surface area contributed by atoms with Crippen molar-refractivity contribution in [3.63, 3.8) is 0 Å². The molecule has 2 aliphatic rings. The van der Waals surface area contributed by atoms with Crippen LogP contribution in [0.15, 0.2) is 71.9 Å². The fourth-order valence-corrected chi connectivity index (χ4v) is 4.66. The minimum absolute atomic E-state index is 0.0401. The summed E-state index contributed by atoms with van der Waals surface area (Å²) in [5.74, 6) is 0.509. The molecule has 7 heteroatoms. The van der Waals surface area contributed by atoms with Crippen LogP contribution in [0.1, 0.15) is 54.1 Å². The first-order valence-corrected chi connectivity index (χ1v) is 11.2. The summed E-state index contributed by atoms with van der Waals surface area (Å²) in [6.45, 7) is 6.12. The zero-order chi connectivity index (χ0) is 23.6. The molecule has 0 amide bonds. The molecule has 1 saturated carbocycles. The molecule has 4 N–H and O–H groups in total. The molecule has 0 aromatic heterocycles. The summed E-state index contributed by atoms with van der Waals surface area (Å²) in [4.78, 5) is 4.61. The van der Waals surface area contributed by atoms with Crippen LogP contribution in [0.3, 0.4) is 0 Å². The van der Waals surface area contributed by atoms with Crippen molar-refractivity contribution in [1.29, 1.82) is 0 Å². The van der Waals surface area contributed by atoms with Crippen molar-refractivity contribution >= 4 is 11.5 Å². The van der Waals surface area contributed by atoms with E-state index in [0.29, 0.717) is 11.5 Å². The molecule has 0 spiro atoms. The van der Waals surface area contributed by atoms with Gasteiger partial charge in [-0.3, -0.25) is 0 Å². The minimum atomic E-state index is -4.48. The number of hydrogen-bond acceptors (Lipinski definition) is 4. The highest BCUT2D eigenvalue weighted by atomic mass is 19.4. The standard InChI is InChI=1S/C26H29F3N4/c1-16-9-3-4-10-18(16)17(2)31-24-15-23(20-12-6-8-14-22(20)30)32-25(33-24)19-11-5-7-13-21(19)26(27,28)29/h3-5,7,9-11,13,15,20,22,25,32H,2,6,8,12,14,30H2,1H3,(H,31,33). The van der Waals surface area contributed by atoms with Gasteiger partial charge in [-0.1, -0.05) is 61.9 Å². The molecule has 1 aliphatic heterocycles. The van der Waals surface area contributed by atoms with Gasteiger partial charge < -0.3 is 16.4 Å². The molecule has 0 bridgehead atoms. The van der Waals surface area contributed by atoms with Crippen molar-refractivity contribution in [1.82, 2.24) is 10.6 Å². The molecular formula is C26H29F3N4. The highest BCUT2D eigenvalue weighted by molar-refractivity contribution is 6.00. The zero-order valence-corrected chi connectivity index (χ0v) is 18.6. The second-order valence-corrected chi connectivity index (χ2v) is 8.72. The van der Waals surface area contributed by atoms with Crippen LogP contribution in [0.25, 0.3) is 5.70 Å². The number of aryl methyl sites for hydroxylation is 1. The van der Waals surface area contributed by atoms with Gasteiger partial charge in [0.25, 0.3) is 0 Å². The Morgan fingerprint density at radius 2 is 1.79 bits per heavy atom. The Morgan fingerprint density at radius 1 is 1.09 bits per heavy atom. The summed E-state index contributed by atoms with van der Waals surface area (Å²) >= 11 is 0. The summed E-state index contributed by atoms with van der Waals surface area (Å²) in [5, 5.41) is 6.50. The lowest BCUT2D eigenvalue weighted by molar-refractivity contribution is -0.138. The second kappa shape index (κ2) is 9.43. The minimum Gasteiger partial charge on any atom is -0.363 e. The number of aliphatic imine (C=N–C) groups is 1. The van der Waals surface area contributed by atoms with Crippen molar-refractivity contribution in [2.24, 2.45) is 16.6 Å². The van der Waals surface area contributed by atoms with Gasteiger partial charge in [0, 0.05) is 34.5 Å². The van der Waals surface area contributed by atoms with Crippen molar-refractivity contribution in [2.45, 2.75) is 51.0 Å². The first kappa shape index (κ1) is 23.1. The molecule has 2 aromatic carbocycles. The number of nitrogens with zero attached hydrogens (tertiary/aromatic N) is 1. The Hall–Kier alpha value is -3.06. The van der Waals surface area contributed by atoms with E-state index in [4.69, 9.17) is 5.73 Å². The lowest BCUT2D eigenvalue weighted by Crippen LogP contribution is -2.41. The van der Waals surface area contributed by atoms with Crippen LogP contribution in [-0.4, -0.2) is 11.9 Å². The van der Waals surface area contributed by atoms with Crippen molar-refractivity contribution in [3.8, 4) is 0 Å². The van der Waals surface area contributed by atoms with Crippen molar-refractivity contribution in [3.05, 3.63) is 89.1 Å². The predicted molar refractivity (Wildman–Crippen MR) is 126 cm³/mol. The van der Waals surface area contributed by atoms with Gasteiger partial charge in [-0.2, -0.15) is 13.2 Å². The molecule has 3 unspecified atom stereocenters. The van der Waals surface area contributed by atoms with E-state index in [9.17, 15) is 13.2 Å². The molecule has 4 nitrogen and oxygen atoms in total.